The lowest BCUT2D eigenvalue weighted by atomic mass is 10.0. The fraction of sp³-hybridized carbons (Fsp3) is 0.429. The van der Waals surface area contributed by atoms with Crippen molar-refractivity contribution in [1.82, 2.24) is 0 Å². The van der Waals surface area contributed by atoms with Crippen molar-refractivity contribution >= 4 is 28.5 Å². The first-order valence-corrected chi connectivity index (χ1v) is 7.25. The van der Waals surface area contributed by atoms with Gasteiger partial charge < -0.3 is 15.5 Å². The highest BCUT2D eigenvalue weighted by Crippen LogP contribution is 2.23. The average molecular weight is 297 g/mol. The van der Waals surface area contributed by atoms with E-state index in [9.17, 15) is 19.8 Å². The highest BCUT2D eigenvalue weighted by molar-refractivity contribution is 8.13. The maximum absolute atomic E-state index is 11.0. The van der Waals surface area contributed by atoms with Crippen LogP contribution in [0.4, 0.5) is 5.69 Å². The van der Waals surface area contributed by atoms with Crippen LogP contribution in [0.25, 0.3) is 0 Å². The standard InChI is InChI=1S/C14H19NO4S/c1-9(16)15-12-5-3-4-11(8-12)14(19)13(18)6-7-20-10(2)17/h3-5,8,13-14,18-19H,6-7H2,1-2H3,(H,15,16). The molecule has 0 aromatic heterocycles. The maximum Gasteiger partial charge on any atom is 0.221 e. The first-order chi connectivity index (χ1) is 9.40. The lowest BCUT2D eigenvalue weighted by Gasteiger charge is -2.18. The van der Waals surface area contributed by atoms with Crippen LogP contribution in [0.1, 0.15) is 31.9 Å². The number of carbonyl (C=O) groups is 2. The zero-order valence-electron chi connectivity index (χ0n) is 11.5. The van der Waals surface area contributed by atoms with Crippen molar-refractivity contribution < 1.29 is 19.8 Å². The number of nitrogens with one attached hydrogen (secondary N) is 1. The van der Waals surface area contributed by atoms with Crippen LogP contribution in [0.15, 0.2) is 24.3 Å². The van der Waals surface area contributed by atoms with E-state index >= 15 is 0 Å². The summed E-state index contributed by atoms with van der Waals surface area (Å²) in [4.78, 5) is 21.8. The minimum absolute atomic E-state index is 0.0145. The number of carbonyl (C=O) groups excluding carboxylic acids is 2. The minimum atomic E-state index is -1.05. The van der Waals surface area contributed by atoms with Gasteiger partial charge >= 0.3 is 0 Å². The van der Waals surface area contributed by atoms with Crippen molar-refractivity contribution in [3.8, 4) is 0 Å². The number of benzene rings is 1. The summed E-state index contributed by atoms with van der Waals surface area (Å²) in [5, 5.41) is 22.6. The smallest absolute Gasteiger partial charge is 0.221 e. The fourth-order valence-electron chi connectivity index (χ4n) is 1.71. The van der Waals surface area contributed by atoms with Crippen molar-refractivity contribution in [3.05, 3.63) is 29.8 Å². The predicted octanol–water partition coefficient (Wildman–Crippen LogP) is 1.71. The molecule has 0 aliphatic carbocycles. The molecule has 5 nitrogen and oxygen atoms in total. The molecule has 0 saturated carbocycles. The Balaban J connectivity index is 2.63. The first kappa shape index (κ1) is 16.7. The number of rotatable bonds is 6. The van der Waals surface area contributed by atoms with Gasteiger partial charge in [-0.3, -0.25) is 9.59 Å². The summed E-state index contributed by atoms with van der Waals surface area (Å²) in [5.74, 6) is 0.258. The van der Waals surface area contributed by atoms with Gasteiger partial charge in [-0.15, -0.1) is 0 Å². The fourth-order valence-corrected chi connectivity index (χ4v) is 2.35. The van der Waals surface area contributed by atoms with E-state index in [1.165, 1.54) is 13.8 Å². The van der Waals surface area contributed by atoms with Crippen LogP contribution in [0.3, 0.4) is 0 Å². The largest absolute Gasteiger partial charge is 0.390 e. The van der Waals surface area contributed by atoms with E-state index in [0.717, 1.165) is 11.8 Å². The van der Waals surface area contributed by atoms with E-state index in [1.807, 2.05) is 0 Å². The third-order valence-corrected chi connectivity index (χ3v) is 3.48. The summed E-state index contributed by atoms with van der Waals surface area (Å²) in [6.45, 7) is 2.86. The Morgan fingerprint density at radius 1 is 1.30 bits per heavy atom. The summed E-state index contributed by atoms with van der Waals surface area (Å²) in [7, 11) is 0. The molecule has 0 spiro atoms. The summed E-state index contributed by atoms with van der Waals surface area (Å²) in [5.41, 5.74) is 1.09. The van der Waals surface area contributed by atoms with E-state index in [1.54, 1.807) is 24.3 Å². The molecule has 2 unspecified atom stereocenters. The number of amides is 1. The second kappa shape index (κ2) is 8.04. The van der Waals surface area contributed by atoms with Crippen LogP contribution in [-0.2, 0) is 9.59 Å². The van der Waals surface area contributed by atoms with Gasteiger partial charge in [-0.1, -0.05) is 23.9 Å². The second-order valence-electron chi connectivity index (χ2n) is 4.45. The van der Waals surface area contributed by atoms with Crippen molar-refractivity contribution in [2.45, 2.75) is 32.5 Å². The van der Waals surface area contributed by atoms with Gasteiger partial charge in [-0.05, 0) is 24.1 Å². The molecule has 1 aromatic carbocycles. The molecule has 0 bridgehead atoms. The zero-order chi connectivity index (χ0) is 15.1. The Hall–Kier alpha value is -1.37. The highest BCUT2D eigenvalue weighted by Gasteiger charge is 2.18. The normalized spacial score (nSPS) is 13.6. The highest BCUT2D eigenvalue weighted by atomic mass is 32.2. The Kier molecular flexibility index (Phi) is 6.70. The molecule has 1 rings (SSSR count). The van der Waals surface area contributed by atoms with Crippen molar-refractivity contribution in [2.24, 2.45) is 0 Å². The molecular weight excluding hydrogens is 278 g/mol. The predicted molar refractivity (Wildman–Crippen MR) is 79.5 cm³/mol. The summed E-state index contributed by atoms with van der Waals surface area (Å²) in [6, 6.07) is 6.70. The van der Waals surface area contributed by atoms with Gasteiger partial charge in [0.25, 0.3) is 0 Å². The Morgan fingerprint density at radius 2 is 2.00 bits per heavy atom. The van der Waals surface area contributed by atoms with E-state index in [2.05, 4.69) is 5.32 Å². The molecule has 110 valence electrons. The molecule has 0 heterocycles. The molecule has 1 amide bonds. The first-order valence-electron chi connectivity index (χ1n) is 6.27. The number of hydrogen-bond acceptors (Lipinski definition) is 5. The van der Waals surface area contributed by atoms with Crippen LogP contribution in [0.5, 0.6) is 0 Å². The molecule has 2 atom stereocenters. The number of aliphatic hydroxyl groups excluding tert-OH is 2. The van der Waals surface area contributed by atoms with E-state index in [0.29, 0.717) is 23.4 Å². The van der Waals surface area contributed by atoms with Crippen LogP contribution in [0.2, 0.25) is 0 Å². The number of thioether (sulfide) groups is 1. The minimum Gasteiger partial charge on any atom is -0.390 e. The van der Waals surface area contributed by atoms with E-state index in [-0.39, 0.29) is 11.0 Å². The third-order valence-electron chi connectivity index (χ3n) is 2.63. The van der Waals surface area contributed by atoms with Crippen molar-refractivity contribution in [1.29, 1.82) is 0 Å². The zero-order valence-corrected chi connectivity index (χ0v) is 12.3. The lowest BCUT2D eigenvalue weighted by Crippen LogP contribution is -2.19. The van der Waals surface area contributed by atoms with Gasteiger partial charge in [0.2, 0.25) is 5.91 Å². The molecule has 0 aliphatic heterocycles. The van der Waals surface area contributed by atoms with Crippen molar-refractivity contribution in [3.63, 3.8) is 0 Å². The number of hydrogen-bond donors (Lipinski definition) is 3. The van der Waals surface area contributed by atoms with Gasteiger partial charge in [0.1, 0.15) is 6.10 Å². The van der Waals surface area contributed by atoms with E-state index < -0.39 is 12.2 Å². The second-order valence-corrected chi connectivity index (χ2v) is 5.72. The summed E-state index contributed by atoms with van der Waals surface area (Å²) >= 11 is 1.12. The average Bonchev–Trinajstić information content (AvgIpc) is 2.36. The van der Waals surface area contributed by atoms with Crippen LogP contribution < -0.4 is 5.32 Å². The molecular formula is C14H19NO4S. The molecule has 3 N–H and O–H groups in total. The molecule has 1 aromatic rings. The number of anilines is 1. The SMILES string of the molecule is CC(=O)Nc1cccc(C(O)C(O)CCSC(C)=O)c1. The monoisotopic (exact) mass is 297 g/mol. The van der Waals surface area contributed by atoms with Crippen LogP contribution >= 0.6 is 11.8 Å². The molecule has 0 fully saturated rings. The van der Waals surface area contributed by atoms with Gasteiger partial charge in [-0.25, -0.2) is 0 Å². The van der Waals surface area contributed by atoms with Crippen LogP contribution in [0, 0.1) is 0 Å². The van der Waals surface area contributed by atoms with Crippen molar-refractivity contribution in [2.75, 3.05) is 11.1 Å². The van der Waals surface area contributed by atoms with Gasteiger partial charge in [0.15, 0.2) is 5.12 Å². The summed E-state index contributed by atoms with van der Waals surface area (Å²) in [6.07, 6.45) is -1.68. The molecule has 0 aliphatic rings. The Bertz CT molecular complexity index is 478. The molecule has 0 radical (unpaired) electrons. The Morgan fingerprint density at radius 3 is 2.60 bits per heavy atom. The molecule has 0 saturated heterocycles. The van der Waals surface area contributed by atoms with E-state index in [4.69, 9.17) is 0 Å². The third kappa shape index (κ3) is 5.73. The summed E-state index contributed by atoms with van der Waals surface area (Å²) < 4.78 is 0. The van der Waals surface area contributed by atoms with Gasteiger partial charge in [0, 0.05) is 25.3 Å². The molecule has 6 heteroatoms. The topological polar surface area (TPSA) is 86.6 Å². The lowest BCUT2D eigenvalue weighted by molar-refractivity contribution is -0.114. The van der Waals surface area contributed by atoms with Crippen LogP contribution in [-0.4, -0.2) is 33.1 Å². The number of aliphatic hydroxyl groups is 2. The maximum atomic E-state index is 11.0. The quantitative estimate of drug-likeness (QED) is 0.744. The van der Waals surface area contributed by atoms with Gasteiger partial charge in [0.05, 0.1) is 6.10 Å². The van der Waals surface area contributed by atoms with Gasteiger partial charge in [-0.2, -0.15) is 0 Å². The Labute approximate surface area is 122 Å². The molecule has 20 heavy (non-hydrogen) atoms.